The Labute approximate surface area is 338 Å². The van der Waals surface area contributed by atoms with Crippen molar-refractivity contribution in [3.63, 3.8) is 0 Å². The van der Waals surface area contributed by atoms with Gasteiger partial charge in [-0.15, -0.1) is 0 Å². The first-order valence-electron chi connectivity index (χ1n) is 18.8. The third-order valence-corrected chi connectivity index (χ3v) is 14.1. The van der Waals surface area contributed by atoms with Crippen LogP contribution in [0.15, 0.2) is 144 Å². The predicted octanol–water partition coefficient (Wildman–Crippen LogP) is 7.04. The van der Waals surface area contributed by atoms with E-state index in [0.717, 1.165) is 33.2 Å². The van der Waals surface area contributed by atoms with Crippen LogP contribution in [0.25, 0.3) is 44.7 Å². The molecule has 0 amide bonds. The highest BCUT2D eigenvalue weighted by atomic mass is 32.2. The number of rotatable bonds is 7. The Morgan fingerprint density at radius 2 is 1.20 bits per heavy atom. The monoisotopic (exact) mass is 817 g/mol. The molecule has 5 aliphatic carbocycles. The van der Waals surface area contributed by atoms with E-state index in [2.05, 4.69) is 5.10 Å². The molecule has 5 aliphatic rings. The minimum absolute atomic E-state index is 0.0215. The SMILES string of the molecule is CS(=O)(=O)n1cc(-c2ccc(-c3cccc(S(=O)(=O)n4nc(-c5ccccc5)c5c4C(c4ccccc4)=CC(=O)C5=O)c3)cc2)c2c1C1=C(C(=O)C2=O)C2C=CC1CC2. The second-order valence-corrected chi connectivity index (χ2v) is 18.6. The van der Waals surface area contributed by atoms with Gasteiger partial charge in [0.1, 0.15) is 5.69 Å². The minimum Gasteiger partial charge on any atom is -0.286 e. The van der Waals surface area contributed by atoms with Gasteiger partial charge in [-0.2, -0.15) is 17.6 Å². The maximum atomic E-state index is 14.7. The molecular weight excluding hydrogens is 787 g/mol. The van der Waals surface area contributed by atoms with E-state index in [4.69, 9.17) is 0 Å². The minimum atomic E-state index is -4.51. The summed E-state index contributed by atoms with van der Waals surface area (Å²) >= 11 is 0. The van der Waals surface area contributed by atoms with Crippen LogP contribution in [0.5, 0.6) is 0 Å². The van der Waals surface area contributed by atoms with Crippen molar-refractivity contribution in [2.24, 2.45) is 11.8 Å². The third kappa shape index (κ3) is 5.56. The van der Waals surface area contributed by atoms with Gasteiger partial charge in [-0.25, -0.2) is 12.4 Å². The van der Waals surface area contributed by atoms with Crippen molar-refractivity contribution in [3.05, 3.63) is 167 Å². The fourth-order valence-electron chi connectivity index (χ4n) is 8.81. The highest BCUT2D eigenvalue weighted by molar-refractivity contribution is 7.90. The van der Waals surface area contributed by atoms with Gasteiger partial charge in [0.2, 0.25) is 33.2 Å². The maximum Gasteiger partial charge on any atom is 0.283 e. The van der Waals surface area contributed by atoms with Crippen LogP contribution in [0.2, 0.25) is 0 Å². The van der Waals surface area contributed by atoms with E-state index < -0.39 is 43.2 Å². The zero-order valence-corrected chi connectivity index (χ0v) is 32.8. The lowest BCUT2D eigenvalue weighted by Gasteiger charge is -2.37. The molecule has 0 fully saturated rings. The van der Waals surface area contributed by atoms with Gasteiger partial charge in [-0.05, 0) is 58.9 Å². The fourth-order valence-corrected chi connectivity index (χ4v) is 11.0. The number of aromatic nitrogens is 3. The summed E-state index contributed by atoms with van der Waals surface area (Å²) in [6, 6.07) is 30.4. The second kappa shape index (κ2) is 13.1. The Morgan fingerprint density at radius 1 is 0.593 bits per heavy atom. The van der Waals surface area contributed by atoms with Gasteiger partial charge in [0, 0.05) is 40.3 Å². The van der Waals surface area contributed by atoms with E-state index >= 15 is 0 Å². The Kier molecular flexibility index (Phi) is 8.10. The molecule has 2 unspecified atom stereocenters. The van der Waals surface area contributed by atoms with Crippen LogP contribution in [-0.4, -0.2) is 59.4 Å². The first-order chi connectivity index (χ1) is 28.3. The Hall–Kier alpha value is -6.83. The van der Waals surface area contributed by atoms with Crippen LogP contribution in [-0.2, 0) is 29.6 Å². The molecule has 11 rings (SSSR count). The zero-order valence-electron chi connectivity index (χ0n) is 31.2. The van der Waals surface area contributed by atoms with Crippen molar-refractivity contribution < 1.29 is 36.0 Å². The first kappa shape index (κ1) is 36.5. The molecule has 0 saturated heterocycles. The molecule has 0 spiro atoms. The fraction of sp³-hybridized carbons (Fsp3) is 0.109. The van der Waals surface area contributed by atoms with Crippen molar-refractivity contribution in [1.29, 1.82) is 0 Å². The summed E-state index contributed by atoms with van der Waals surface area (Å²) in [4.78, 5) is 54.0. The lowest BCUT2D eigenvalue weighted by atomic mass is 9.65. The van der Waals surface area contributed by atoms with E-state index in [1.54, 1.807) is 97.1 Å². The summed E-state index contributed by atoms with van der Waals surface area (Å²) in [5, 5.41) is 4.53. The summed E-state index contributed by atoms with van der Waals surface area (Å²) in [6.45, 7) is 0. The third-order valence-electron chi connectivity index (χ3n) is 11.5. The van der Waals surface area contributed by atoms with Crippen LogP contribution in [0.4, 0.5) is 0 Å². The summed E-state index contributed by atoms with van der Waals surface area (Å²) < 4.78 is 57.8. The summed E-state index contributed by atoms with van der Waals surface area (Å²) in [5.41, 5.74) is 4.35. The van der Waals surface area contributed by atoms with Crippen LogP contribution in [0, 0.1) is 11.8 Å². The average Bonchev–Trinajstić information content (AvgIpc) is 3.87. The Balaban J connectivity index is 1.07. The number of hydrogen-bond donors (Lipinski definition) is 0. The second-order valence-electron chi connectivity index (χ2n) is 15.0. The molecule has 59 heavy (non-hydrogen) atoms. The molecule has 0 aliphatic heterocycles. The largest absolute Gasteiger partial charge is 0.286 e. The number of allylic oxidation sites excluding steroid dienone is 5. The summed E-state index contributed by atoms with van der Waals surface area (Å²) in [6.07, 6.45) is 9.01. The van der Waals surface area contributed by atoms with Gasteiger partial charge in [0.15, 0.2) is 0 Å². The number of Topliss-reactive ketones (excluding diaryl/α,β-unsaturated/α-hetero) is 3. The molecule has 2 atom stereocenters. The van der Waals surface area contributed by atoms with Crippen molar-refractivity contribution in [2.45, 2.75) is 17.7 Å². The number of fused-ring (bicyclic) bond motifs is 3. The number of nitrogens with zero attached hydrogens (tertiary/aromatic N) is 3. The van der Waals surface area contributed by atoms with Crippen LogP contribution < -0.4 is 0 Å². The number of hydrogen-bond acceptors (Lipinski definition) is 9. The van der Waals surface area contributed by atoms with E-state index in [1.165, 1.54) is 18.3 Å². The van der Waals surface area contributed by atoms with E-state index in [0.29, 0.717) is 44.5 Å². The van der Waals surface area contributed by atoms with Gasteiger partial charge in [-0.3, -0.25) is 19.2 Å². The molecule has 0 N–H and O–H groups in total. The van der Waals surface area contributed by atoms with E-state index in [-0.39, 0.29) is 50.5 Å². The summed E-state index contributed by atoms with van der Waals surface area (Å²) in [5.74, 6) is -3.42. The van der Waals surface area contributed by atoms with Gasteiger partial charge in [0.05, 0.1) is 33.7 Å². The van der Waals surface area contributed by atoms with Crippen LogP contribution in [0.3, 0.4) is 0 Å². The molecule has 290 valence electrons. The Morgan fingerprint density at radius 3 is 1.85 bits per heavy atom. The van der Waals surface area contributed by atoms with Crippen molar-refractivity contribution >= 4 is 54.3 Å². The molecule has 2 aromatic heterocycles. The number of benzene rings is 4. The van der Waals surface area contributed by atoms with Gasteiger partial charge in [-0.1, -0.05) is 109 Å². The van der Waals surface area contributed by atoms with Gasteiger partial charge >= 0.3 is 0 Å². The van der Waals surface area contributed by atoms with Crippen LogP contribution >= 0.6 is 0 Å². The number of ketones is 4. The number of carbonyl (C=O) groups excluding carboxylic acids is 4. The summed E-state index contributed by atoms with van der Waals surface area (Å²) in [7, 11) is -8.40. The first-order valence-corrected chi connectivity index (χ1v) is 22.1. The van der Waals surface area contributed by atoms with Crippen LogP contribution in [0.1, 0.15) is 50.5 Å². The molecular formula is C46H31N3O8S2. The highest BCUT2D eigenvalue weighted by Gasteiger charge is 2.46. The van der Waals surface area contributed by atoms with Crippen molar-refractivity contribution in [2.75, 3.05) is 6.26 Å². The molecule has 2 bridgehead atoms. The quantitative estimate of drug-likeness (QED) is 0.122. The lowest BCUT2D eigenvalue weighted by molar-refractivity contribution is -0.112. The lowest BCUT2D eigenvalue weighted by Crippen LogP contribution is -2.35. The molecule has 0 saturated carbocycles. The Bertz CT molecular complexity index is 3210. The molecule has 6 aromatic rings. The smallest absolute Gasteiger partial charge is 0.283 e. The standard InChI is InChI=1S/C46H31N3O8S2/c1-58(54,55)48-25-35(39-43(48)37-29-19-21-30(22-20-29)38(37)45(52)46(39)53)28-17-15-26(16-18-28)32-13-8-14-33(23-32)59(56,57)49-42-34(27-9-4-2-5-10-27)24-36(50)44(51)40(42)41(47-49)31-11-6-3-7-12-31/h2-19,21,23-25,29-30H,20,22H2,1H3. The number of carbonyl (C=O) groups is 4. The molecule has 13 heteroatoms. The average molecular weight is 818 g/mol. The van der Waals surface area contributed by atoms with E-state index in [1.807, 2.05) is 12.2 Å². The maximum absolute atomic E-state index is 14.7. The topological polar surface area (TPSA) is 159 Å². The molecule has 4 aromatic carbocycles. The van der Waals surface area contributed by atoms with E-state index in [9.17, 15) is 36.0 Å². The van der Waals surface area contributed by atoms with Gasteiger partial charge in [0.25, 0.3) is 10.0 Å². The molecule has 0 radical (unpaired) electrons. The van der Waals surface area contributed by atoms with Crippen molar-refractivity contribution in [3.8, 4) is 33.5 Å². The normalized spacial score (nSPS) is 18.5. The highest BCUT2D eigenvalue weighted by Crippen LogP contribution is 2.51. The molecule has 2 heterocycles. The predicted molar refractivity (Wildman–Crippen MR) is 220 cm³/mol. The van der Waals surface area contributed by atoms with Crippen molar-refractivity contribution in [1.82, 2.24) is 13.2 Å². The molecule has 11 nitrogen and oxygen atoms in total. The van der Waals surface area contributed by atoms with Gasteiger partial charge < -0.3 is 0 Å². The zero-order chi connectivity index (χ0) is 41.0.